The summed E-state index contributed by atoms with van der Waals surface area (Å²) in [5.41, 5.74) is 0. The molecule has 0 N–H and O–H groups in total. The number of esters is 1. The first-order valence-electron chi connectivity index (χ1n) is 4.94. The molecule has 1 rings (SSSR count). The van der Waals surface area contributed by atoms with Gasteiger partial charge in [-0.25, -0.2) is 8.42 Å². The maximum atomic E-state index is 11.2. The quantitative estimate of drug-likeness (QED) is 0.561. The molecular formula is C9H16O5S. The molecule has 0 aromatic carbocycles. The smallest absolute Gasteiger partial charge is 0.308 e. The first-order chi connectivity index (χ1) is 7.13. The molecule has 88 valence electrons. The Balaban J connectivity index is 2.26. The third-order valence-electron chi connectivity index (χ3n) is 2.62. The van der Waals surface area contributed by atoms with Crippen LogP contribution in [0.15, 0.2) is 0 Å². The van der Waals surface area contributed by atoms with E-state index in [2.05, 4.69) is 4.74 Å². The lowest BCUT2D eigenvalue weighted by atomic mass is 9.87. The molecule has 0 unspecified atom stereocenters. The van der Waals surface area contributed by atoms with E-state index in [0.717, 1.165) is 12.8 Å². The largest absolute Gasteiger partial charge is 0.469 e. The monoisotopic (exact) mass is 236 g/mol. The Kier molecular flexibility index (Phi) is 5.04. The molecule has 0 bridgehead atoms. The van der Waals surface area contributed by atoms with Gasteiger partial charge in [0, 0.05) is 0 Å². The average Bonchev–Trinajstić information content (AvgIpc) is 2.26. The van der Waals surface area contributed by atoms with Gasteiger partial charge in [-0.05, 0) is 25.7 Å². The van der Waals surface area contributed by atoms with Gasteiger partial charge in [0.25, 0.3) is 0 Å². The van der Waals surface area contributed by atoms with Crippen LogP contribution in [-0.4, -0.2) is 33.5 Å². The van der Waals surface area contributed by atoms with Crippen molar-refractivity contribution in [3.05, 3.63) is 0 Å². The van der Waals surface area contributed by atoms with Crippen LogP contribution in [0.25, 0.3) is 0 Å². The summed E-state index contributed by atoms with van der Waals surface area (Å²) in [7, 11) is -1.08. The van der Waals surface area contributed by atoms with Crippen LogP contribution in [0.1, 0.15) is 25.7 Å². The molecule has 6 heteroatoms. The van der Waals surface area contributed by atoms with Crippen LogP contribution in [-0.2, 0) is 25.0 Å². The fourth-order valence-electron chi connectivity index (χ4n) is 1.80. The van der Waals surface area contributed by atoms with E-state index in [9.17, 15) is 13.2 Å². The molecule has 1 saturated carbocycles. The van der Waals surface area contributed by atoms with Gasteiger partial charge in [0.2, 0.25) is 0 Å². The number of rotatable bonds is 4. The second kappa shape index (κ2) is 6.07. The first kappa shape index (κ1) is 12.4. The number of methoxy groups -OCH3 is 1. The Morgan fingerprint density at radius 1 is 1.27 bits per heavy atom. The van der Waals surface area contributed by atoms with Gasteiger partial charge in [0.15, 0.2) is 10.7 Å². The maximum Gasteiger partial charge on any atom is 0.308 e. The number of carbonyl (C=O) groups is 1. The third-order valence-corrected chi connectivity index (χ3v) is 2.98. The lowest BCUT2D eigenvalue weighted by Crippen LogP contribution is -2.27. The van der Waals surface area contributed by atoms with Gasteiger partial charge in [0.05, 0.1) is 19.1 Å². The highest BCUT2D eigenvalue weighted by Gasteiger charge is 2.27. The maximum absolute atomic E-state index is 11.2. The number of thiol groups is 1. The van der Waals surface area contributed by atoms with Gasteiger partial charge < -0.3 is 9.47 Å². The summed E-state index contributed by atoms with van der Waals surface area (Å²) >= 11 is 0. The number of carbonyl (C=O) groups excluding carboxylic acids is 1. The Bertz CT molecular complexity index is 270. The Morgan fingerprint density at radius 2 is 1.87 bits per heavy atom. The fourth-order valence-corrected chi connectivity index (χ4v) is 2.13. The molecule has 0 spiro atoms. The van der Waals surface area contributed by atoms with Crippen LogP contribution in [0, 0.1) is 5.92 Å². The summed E-state index contributed by atoms with van der Waals surface area (Å²) in [6, 6.07) is 0. The van der Waals surface area contributed by atoms with E-state index in [1.54, 1.807) is 0 Å². The van der Waals surface area contributed by atoms with Crippen LogP contribution in [0.2, 0.25) is 0 Å². The van der Waals surface area contributed by atoms with E-state index in [1.807, 2.05) is 0 Å². The minimum absolute atomic E-state index is 0.0289. The molecule has 0 aromatic heterocycles. The summed E-state index contributed by atoms with van der Waals surface area (Å²) in [4.78, 5) is 11.2. The molecule has 0 amide bonds. The summed E-state index contributed by atoms with van der Waals surface area (Å²) in [5, 5.41) is 0. The zero-order chi connectivity index (χ0) is 11.3. The molecule has 15 heavy (non-hydrogen) atoms. The zero-order valence-electron chi connectivity index (χ0n) is 8.68. The van der Waals surface area contributed by atoms with E-state index in [1.165, 1.54) is 7.11 Å². The summed E-state index contributed by atoms with van der Waals surface area (Å²) < 4.78 is 30.4. The van der Waals surface area contributed by atoms with Crippen molar-refractivity contribution in [2.24, 2.45) is 5.92 Å². The number of ether oxygens (including phenoxy) is 2. The van der Waals surface area contributed by atoms with Crippen LogP contribution in [0.3, 0.4) is 0 Å². The van der Waals surface area contributed by atoms with Crippen molar-refractivity contribution in [3.63, 3.8) is 0 Å². The molecule has 0 atom stereocenters. The van der Waals surface area contributed by atoms with Crippen molar-refractivity contribution >= 4 is 16.7 Å². The van der Waals surface area contributed by atoms with Crippen molar-refractivity contribution in [1.29, 1.82) is 0 Å². The van der Waals surface area contributed by atoms with E-state index in [4.69, 9.17) is 4.74 Å². The van der Waals surface area contributed by atoms with Crippen LogP contribution in [0.5, 0.6) is 0 Å². The lowest BCUT2D eigenvalue weighted by Gasteiger charge is -2.26. The van der Waals surface area contributed by atoms with Crippen molar-refractivity contribution < 1.29 is 22.7 Å². The van der Waals surface area contributed by atoms with Gasteiger partial charge in [-0.1, -0.05) is 0 Å². The molecule has 1 fully saturated rings. The predicted molar refractivity (Wildman–Crippen MR) is 54.0 cm³/mol. The summed E-state index contributed by atoms with van der Waals surface area (Å²) in [6.07, 6.45) is 2.85. The minimum Gasteiger partial charge on any atom is -0.469 e. The van der Waals surface area contributed by atoms with Crippen molar-refractivity contribution in [3.8, 4) is 0 Å². The van der Waals surface area contributed by atoms with Gasteiger partial charge in [-0.2, -0.15) is 0 Å². The SMILES string of the molecule is COC(=O)C1CCC(OC[SH](=O)=O)CC1. The van der Waals surface area contributed by atoms with Crippen molar-refractivity contribution in [2.75, 3.05) is 13.0 Å². The Labute approximate surface area is 90.7 Å². The van der Waals surface area contributed by atoms with Gasteiger partial charge in [-0.15, -0.1) is 0 Å². The molecule has 1 aliphatic carbocycles. The van der Waals surface area contributed by atoms with E-state index in [0.29, 0.717) is 12.8 Å². The molecule has 5 nitrogen and oxygen atoms in total. The normalized spacial score (nSPS) is 26.5. The highest BCUT2D eigenvalue weighted by Crippen LogP contribution is 2.26. The Morgan fingerprint density at radius 3 is 2.33 bits per heavy atom. The van der Waals surface area contributed by atoms with Crippen LogP contribution < -0.4 is 0 Å². The van der Waals surface area contributed by atoms with Crippen LogP contribution in [0.4, 0.5) is 0 Å². The molecule has 0 aromatic rings. The summed E-state index contributed by atoms with van der Waals surface area (Å²) in [5.74, 6) is -0.442. The molecular weight excluding hydrogens is 220 g/mol. The van der Waals surface area contributed by atoms with Gasteiger partial charge in [0.1, 0.15) is 5.94 Å². The van der Waals surface area contributed by atoms with Crippen LogP contribution >= 0.6 is 0 Å². The highest BCUT2D eigenvalue weighted by molar-refractivity contribution is 7.72. The summed E-state index contributed by atoms with van der Waals surface area (Å²) in [6.45, 7) is 0. The molecule has 0 radical (unpaired) electrons. The van der Waals surface area contributed by atoms with Gasteiger partial charge in [-0.3, -0.25) is 4.79 Å². The standard InChI is InChI=1S/C9H16O5S/c1-13-9(10)7-2-4-8(5-3-7)14-6-15(11)12/h7-8,15H,2-6H2,1H3. The second-order valence-electron chi connectivity index (χ2n) is 3.63. The van der Waals surface area contributed by atoms with Crippen molar-refractivity contribution in [2.45, 2.75) is 31.8 Å². The highest BCUT2D eigenvalue weighted by atomic mass is 32.2. The molecule has 0 aliphatic heterocycles. The Hall–Kier alpha value is -0.620. The molecule has 1 aliphatic rings. The van der Waals surface area contributed by atoms with Crippen molar-refractivity contribution in [1.82, 2.24) is 0 Å². The first-order valence-corrected chi connectivity index (χ1v) is 6.31. The number of hydrogen-bond acceptors (Lipinski definition) is 5. The van der Waals surface area contributed by atoms with E-state index >= 15 is 0 Å². The fraction of sp³-hybridized carbons (Fsp3) is 0.889. The van der Waals surface area contributed by atoms with Gasteiger partial charge >= 0.3 is 5.97 Å². The topological polar surface area (TPSA) is 69.7 Å². The predicted octanol–water partition coefficient (Wildman–Crippen LogP) is 0.304. The average molecular weight is 236 g/mol. The number of hydrogen-bond donors (Lipinski definition) is 1. The lowest BCUT2D eigenvalue weighted by molar-refractivity contribution is -0.147. The third kappa shape index (κ3) is 4.17. The van der Waals surface area contributed by atoms with E-state index < -0.39 is 10.7 Å². The zero-order valence-corrected chi connectivity index (χ0v) is 9.57. The molecule has 0 heterocycles. The minimum atomic E-state index is -2.47. The second-order valence-corrected chi connectivity index (χ2v) is 4.55. The molecule has 0 saturated heterocycles. The van der Waals surface area contributed by atoms with E-state index in [-0.39, 0.29) is 23.9 Å².